The van der Waals surface area contributed by atoms with Gasteiger partial charge in [0.15, 0.2) is 9.84 Å². The van der Waals surface area contributed by atoms with Crippen molar-refractivity contribution in [1.82, 2.24) is 0 Å². The van der Waals surface area contributed by atoms with Gasteiger partial charge in [0.2, 0.25) is 10.0 Å². The van der Waals surface area contributed by atoms with Crippen molar-refractivity contribution in [3.8, 4) is 0 Å². The lowest BCUT2D eigenvalue weighted by atomic mass is 10.3. The predicted molar refractivity (Wildman–Crippen MR) is 59.6 cm³/mol. The average molecular weight is 285 g/mol. The number of aliphatic hydroxyl groups is 1. The lowest BCUT2D eigenvalue weighted by Crippen LogP contribution is -2.10. The Kier molecular flexibility index (Phi) is 3.75. The van der Waals surface area contributed by atoms with Crippen LogP contribution in [-0.2, 0) is 26.3 Å². The Labute approximate surface area is 97.7 Å². The Hall–Kier alpha value is -0.480. The zero-order valence-corrected chi connectivity index (χ0v) is 10.8. The normalized spacial score (nSPS) is 12.9. The second kappa shape index (κ2) is 4.41. The van der Waals surface area contributed by atoms with E-state index in [0.29, 0.717) is 11.3 Å². The molecule has 1 heterocycles. The minimum Gasteiger partial charge on any atom is -0.396 e. The molecule has 0 aliphatic carbocycles. The van der Waals surface area contributed by atoms with Crippen LogP contribution in [0.5, 0.6) is 0 Å². The van der Waals surface area contributed by atoms with Crippen molar-refractivity contribution < 1.29 is 21.9 Å². The predicted octanol–water partition coefficient (Wildman–Crippen LogP) is -0.666. The van der Waals surface area contributed by atoms with E-state index in [9.17, 15) is 16.8 Å². The van der Waals surface area contributed by atoms with Crippen molar-refractivity contribution >= 4 is 31.2 Å². The molecular formula is C7H11NO5S3. The van der Waals surface area contributed by atoms with E-state index in [0.717, 1.165) is 6.26 Å². The quantitative estimate of drug-likeness (QED) is 0.761. The second-order valence-corrected chi connectivity index (χ2v) is 8.22. The Balaban J connectivity index is 3.44. The van der Waals surface area contributed by atoms with Crippen LogP contribution < -0.4 is 5.14 Å². The lowest BCUT2D eigenvalue weighted by molar-refractivity contribution is 0.299. The molecule has 16 heavy (non-hydrogen) atoms. The molecule has 0 bridgehead atoms. The van der Waals surface area contributed by atoms with Crippen LogP contribution in [0.1, 0.15) is 5.56 Å². The molecule has 9 heteroatoms. The van der Waals surface area contributed by atoms with Crippen LogP contribution in [0.2, 0.25) is 0 Å². The van der Waals surface area contributed by atoms with E-state index in [1.165, 1.54) is 6.07 Å². The van der Waals surface area contributed by atoms with Gasteiger partial charge in [0.05, 0.1) is 0 Å². The maximum Gasteiger partial charge on any atom is 0.247 e. The second-order valence-electron chi connectivity index (χ2n) is 3.17. The number of rotatable bonds is 4. The fraction of sp³-hybridized carbons (Fsp3) is 0.429. The first-order valence-electron chi connectivity index (χ1n) is 4.12. The number of hydrogen-bond donors (Lipinski definition) is 2. The summed E-state index contributed by atoms with van der Waals surface area (Å²) >= 11 is 0.601. The first-order valence-corrected chi connectivity index (χ1v) is 8.38. The molecule has 1 rings (SSSR count). The van der Waals surface area contributed by atoms with E-state index in [4.69, 9.17) is 10.2 Å². The highest BCUT2D eigenvalue weighted by Gasteiger charge is 2.22. The first kappa shape index (κ1) is 13.6. The zero-order chi connectivity index (χ0) is 12.6. The van der Waals surface area contributed by atoms with Gasteiger partial charge in [0.25, 0.3) is 0 Å². The highest BCUT2D eigenvalue weighted by molar-refractivity contribution is 7.94. The molecule has 3 N–H and O–H groups in total. The summed E-state index contributed by atoms with van der Waals surface area (Å²) in [5.74, 6) is 0. The van der Waals surface area contributed by atoms with Gasteiger partial charge in [0, 0.05) is 12.9 Å². The van der Waals surface area contributed by atoms with Crippen LogP contribution in [0.15, 0.2) is 14.5 Å². The number of primary sulfonamides is 1. The highest BCUT2D eigenvalue weighted by Crippen LogP contribution is 2.29. The monoisotopic (exact) mass is 285 g/mol. The van der Waals surface area contributed by atoms with Crippen LogP contribution in [0.25, 0.3) is 0 Å². The largest absolute Gasteiger partial charge is 0.396 e. The fourth-order valence-electron chi connectivity index (χ4n) is 1.14. The summed E-state index contributed by atoms with van der Waals surface area (Å²) in [4.78, 5) is 0. The summed E-state index contributed by atoms with van der Waals surface area (Å²) in [6.45, 7) is -0.261. The third kappa shape index (κ3) is 3.01. The van der Waals surface area contributed by atoms with Crippen LogP contribution in [0.4, 0.5) is 0 Å². The Morgan fingerprint density at radius 1 is 1.38 bits per heavy atom. The van der Waals surface area contributed by atoms with Crippen molar-refractivity contribution in [2.24, 2.45) is 5.14 Å². The van der Waals surface area contributed by atoms with Crippen LogP contribution in [0.3, 0.4) is 0 Å². The van der Waals surface area contributed by atoms with Crippen molar-refractivity contribution in [2.75, 3.05) is 12.9 Å². The van der Waals surface area contributed by atoms with Crippen molar-refractivity contribution in [3.63, 3.8) is 0 Å². The minimum atomic E-state index is -3.91. The molecule has 0 saturated carbocycles. The molecule has 0 amide bonds. The van der Waals surface area contributed by atoms with Gasteiger partial charge < -0.3 is 5.11 Å². The van der Waals surface area contributed by atoms with Crippen LogP contribution in [0, 0.1) is 0 Å². The van der Waals surface area contributed by atoms with Gasteiger partial charge in [0.1, 0.15) is 8.42 Å². The summed E-state index contributed by atoms with van der Waals surface area (Å²) in [6, 6.07) is 1.19. The lowest BCUT2D eigenvalue weighted by Gasteiger charge is -1.97. The van der Waals surface area contributed by atoms with E-state index in [-0.39, 0.29) is 27.0 Å². The molecule has 0 saturated heterocycles. The standard InChI is InChI=1S/C7H11NO5S3/c1-15(10,11)7-5(2-3-9)4-6(14-7)16(8,12)13/h4,9H,2-3H2,1H3,(H2,8,12,13). The summed E-state index contributed by atoms with van der Waals surface area (Å²) in [6.07, 6.45) is 1.06. The SMILES string of the molecule is CS(=O)(=O)c1sc(S(N)(=O)=O)cc1CCO. The Morgan fingerprint density at radius 2 is 1.94 bits per heavy atom. The number of hydrogen-bond acceptors (Lipinski definition) is 6. The van der Waals surface area contributed by atoms with Gasteiger partial charge >= 0.3 is 0 Å². The maximum absolute atomic E-state index is 11.4. The van der Waals surface area contributed by atoms with Crippen molar-refractivity contribution in [1.29, 1.82) is 0 Å². The van der Waals surface area contributed by atoms with E-state index in [1.54, 1.807) is 0 Å². The minimum absolute atomic E-state index is 0.0643. The Morgan fingerprint density at radius 3 is 2.31 bits per heavy atom. The molecule has 0 aromatic carbocycles. The Bertz CT molecular complexity index is 584. The summed E-state index contributed by atoms with van der Waals surface area (Å²) < 4.78 is 44.6. The molecule has 0 fully saturated rings. The molecule has 0 spiro atoms. The summed E-state index contributed by atoms with van der Waals surface area (Å²) in [7, 11) is -7.42. The van der Waals surface area contributed by atoms with Gasteiger partial charge in [-0.25, -0.2) is 22.0 Å². The topological polar surface area (TPSA) is 115 Å². The van der Waals surface area contributed by atoms with Gasteiger partial charge in [-0.05, 0) is 18.1 Å². The van der Waals surface area contributed by atoms with E-state index >= 15 is 0 Å². The third-order valence-electron chi connectivity index (χ3n) is 1.75. The molecule has 6 nitrogen and oxygen atoms in total. The number of sulfonamides is 1. The van der Waals surface area contributed by atoms with Gasteiger partial charge in [-0.15, -0.1) is 11.3 Å². The number of sulfone groups is 1. The zero-order valence-electron chi connectivity index (χ0n) is 8.37. The number of thiophene rings is 1. The van der Waals surface area contributed by atoms with E-state index in [1.807, 2.05) is 0 Å². The maximum atomic E-state index is 11.4. The van der Waals surface area contributed by atoms with Crippen LogP contribution in [-0.4, -0.2) is 34.8 Å². The summed E-state index contributed by atoms with van der Waals surface area (Å²) in [5.41, 5.74) is 0.277. The van der Waals surface area contributed by atoms with Gasteiger partial charge in [-0.3, -0.25) is 0 Å². The smallest absolute Gasteiger partial charge is 0.247 e. The first-order chi connectivity index (χ1) is 7.16. The third-order valence-corrected chi connectivity index (χ3v) is 6.23. The average Bonchev–Trinajstić information content (AvgIpc) is 2.46. The van der Waals surface area contributed by atoms with E-state index < -0.39 is 19.9 Å². The molecule has 0 atom stereocenters. The van der Waals surface area contributed by atoms with E-state index in [2.05, 4.69) is 0 Å². The highest BCUT2D eigenvalue weighted by atomic mass is 32.3. The van der Waals surface area contributed by atoms with Gasteiger partial charge in [-0.2, -0.15) is 0 Å². The van der Waals surface area contributed by atoms with Crippen molar-refractivity contribution in [3.05, 3.63) is 11.6 Å². The molecular weight excluding hydrogens is 274 g/mol. The summed E-state index contributed by atoms with van der Waals surface area (Å²) in [5, 5.41) is 13.7. The molecule has 0 aliphatic heterocycles. The van der Waals surface area contributed by atoms with Crippen molar-refractivity contribution in [2.45, 2.75) is 14.8 Å². The molecule has 92 valence electrons. The fourth-order valence-corrected chi connectivity index (χ4v) is 4.50. The molecule has 0 unspecified atom stereocenters. The number of nitrogens with two attached hydrogens (primary N) is 1. The molecule has 1 aromatic heterocycles. The van der Waals surface area contributed by atoms with Gasteiger partial charge in [-0.1, -0.05) is 0 Å². The molecule has 0 radical (unpaired) electrons. The molecule has 0 aliphatic rings. The van der Waals surface area contributed by atoms with Crippen LogP contribution >= 0.6 is 11.3 Å². The molecule has 1 aromatic rings. The number of aliphatic hydroxyl groups excluding tert-OH is 1.